The maximum absolute atomic E-state index is 10.6. The molecule has 0 radical (unpaired) electrons. The van der Waals surface area contributed by atoms with Crippen LogP contribution in [-0.2, 0) is 0 Å². The normalized spacial score (nSPS) is 15.9. The molecule has 0 spiro atoms. The van der Waals surface area contributed by atoms with Crippen LogP contribution in [-0.4, -0.2) is 24.4 Å². The van der Waals surface area contributed by atoms with E-state index in [1.807, 2.05) is 13.0 Å². The number of aromatic nitrogens is 1. The van der Waals surface area contributed by atoms with Crippen molar-refractivity contribution in [1.82, 2.24) is 4.98 Å². The number of aryl methyl sites for hydroxylation is 1. The summed E-state index contributed by atoms with van der Waals surface area (Å²) in [5, 5.41) is 0. The molecule has 0 fully saturated rings. The van der Waals surface area contributed by atoms with Gasteiger partial charge in [-0.15, -0.1) is 0 Å². The molecular weight excluding hydrogens is 200 g/mol. The number of carbonyl (C=O) groups excluding carboxylic acids is 1. The Balaban J connectivity index is 2.27. The third-order valence-electron chi connectivity index (χ3n) is 2.84. The van der Waals surface area contributed by atoms with Crippen molar-refractivity contribution >= 4 is 12.1 Å². The summed E-state index contributed by atoms with van der Waals surface area (Å²) >= 11 is 0. The average molecular weight is 216 g/mol. The van der Waals surface area contributed by atoms with Gasteiger partial charge in [-0.05, 0) is 31.9 Å². The second-order valence-corrected chi connectivity index (χ2v) is 4.29. The molecule has 2 rings (SSSR count). The van der Waals surface area contributed by atoms with Crippen LogP contribution in [0.2, 0.25) is 0 Å². The minimum absolute atomic E-state index is 0.644. The smallest absolute Gasteiger partial charge is 0.151 e. The van der Waals surface area contributed by atoms with Gasteiger partial charge in [-0.25, -0.2) is 4.98 Å². The van der Waals surface area contributed by atoms with Crippen LogP contribution in [0, 0.1) is 6.92 Å². The van der Waals surface area contributed by atoms with Crippen LogP contribution in [0.4, 0.5) is 5.82 Å². The molecule has 0 unspecified atom stereocenters. The molecule has 0 atom stereocenters. The predicted molar refractivity (Wildman–Crippen MR) is 64.9 cm³/mol. The van der Waals surface area contributed by atoms with Crippen LogP contribution in [0.1, 0.15) is 29.3 Å². The fraction of sp³-hybridized carbons (Fsp3) is 0.385. The Morgan fingerprint density at radius 2 is 2.25 bits per heavy atom. The van der Waals surface area contributed by atoms with Crippen molar-refractivity contribution in [2.75, 3.05) is 18.0 Å². The molecule has 0 amide bonds. The topological polar surface area (TPSA) is 33.2 Å². The van der Waals surface area contributed by atoms with Crippen molar-refractivity contribution in [2.24, 2.45) is 0 Å². The number of carbonyl (C=O) groups is 1. The minimum Gasteiger partial charge on any atom is -0.352 e. The average Bonchev–Trinajstić information content (AvgIpc) is 2.28. The Kier molecular flexibility index (Phi) is 3.04. The first kappa shape index (κ1) is 10.9. The zero-order valence-corrected chi connectivity index (χ0v) is 9.73. The summed E-state index contributed by atoms with van der Waals surface area (Å²) in [5.41, 5.74) is 3.09. The lowest BCUT2D eigenvalue weighted by Gasteiger charge is -2.28. The van der Waals surface area contributed by atoms with Gasteiger partial charge in [-0.2, -0.15) is 0 Å². The lowest BCUT2D eigenvalue weighted by atomic mass is 10.1. The van der Waals surface area contributed by atoms with Crippen LogP contribution in [0.15, 0.2) is 23.9 Å². The van der Waals surface area contributed by atoms with E-state index in [1.54, 1.807) is 6.20 Å². The number of anilines is 1. The Bertz CT molecular complexity index is 438. The summed E-state index contributed by atoms with van der Waals surface area (Å²) in [7, 11) is 0. The molecule has 0 aliphatic carbocycles. The van der Waals surface area contributed by atoms with Crippen LogP contribution in [0.5, 0.6) is 0 Å². The van der Waals surface area contributed by atoms with Crippen molar-refractivity contribution in [1.29, 1.82) is 0 Å². The maximum atomic E-state index is 10.6. The Morgan fingerprint density at radius 1 is 1.44 bits per heavy atom. The first-order chi connectivity index (χ1) is 7.70. The third kappa shape index (κ3) is 2.13. The number of hydrogen-bond donors (Lipinski definition) is 0. The fourth-order valence-electron chi connectivity index (χ4n) is 2.08. The molecule has 1 aliphatic rings. The molecule has 0 bridgehead atoms. The highest BCUT2D eigenvalue weighted by molar-refractivity contribution is 5.75. The van der Waals surface area contributed by atoms with Gasteiger partial charge in [0.05, 0.1) is 0 Å². The second-order valence-electron chi connectivity index (χ2n) is 4.29. The quantitative estimate of drug-likeness (QED) is 0.562. The van der Waals surface area contributed by atoms with E-state index in [-0.39, 0.29) is 0 Å². The van der Waals surface area contributed by atoms with Crippen molar-refractivity contribution < 1.29 is 4.79 Å². The molecule has 0 aromatic carbocycles. The van der Waals surface area contributed by atoms with Gasteiger partial charge in [-0.1, -0.05) is 11.6 Å². The minimum atomic E-state index is 0.644. The summed E-state index contributed by atoms with van der Waals surface area (Å²) in [6, 6.07) is 1.89. The van der Waals surface area contributed by atoms with E-state index < -0.39 is 0 Å². The second kappa shape index (κ2) is 4.47. The number of nitrogens with zero attached hydrogens (tertiary/aromatic N) is 2. The number of hydrogen-bond acceptors (Lipinski definition) is 3. The molecule has 1 aliphatic heterocycles. The first-order valence-corrected chi connectivity index (χ1v) is 5.53. The van der Waals surface area contributed by atoms with Crippen molar-refractivity contribution in [2.45, 2.75) is 20.3 Å². The van der Waals surface area contributed by atoms with E-state index in [0.717, 1.165) is 37.2 Å². The van der Waals surface area contributed by atoms with Crippen molar-refractivity contribution in [3.8, 4) is 0 Å². The van der Waals surface area contributed by atoms with Gasteiger partial charge in [0, 0.05) is 24.8 Å². The van der Waals surface area contributed by atoms with Gasteiger partial charge in [-0.3, -0.25) is 4.79 Å². The van der Waals surface area contributed by atoms with E-state index in [9.17, 15) is 4.79 Å². The molecule has 2 heterocycles. The van der Waals surface area contributed by atoms with E-state index in [2.05, 4.69) is 22.9 Å². The molecule has 84 valence electrons. The molecule has 0 saturated heterocycles. The standard InChI is InChI=1S/C13H16N2O/c1-10-4-3-5-15(8-10)13-11(2)6-12(9-16)7-14-13/h4,6-7,9H,3,5,8H2,1-2H3. The first-order valence-electron chi connectivity index (χ1n) is 5.53. The van der Waals surface area contributed by atoms with Crippen LogP contribution in [0.3, 0.4) is 0 Å². The van der Waals surface area contributed by atoms with Gasteiger partial charge in [0.1, 0.15) is 5.82 Å². The molecule has 1 aromatic heterocycles. The zero-order valence-electron chi connectivity index (χ0n) is 9.73. The lowest BCUT2D eigenvalue weighted by molar-refractivity contribution is 0.112. The van der Waals surface area contributed by atoms with Gasteiger partial charge in [0.2, 0.25) is 0 Å². The van der Waals surface area contributed by atoms with Crippen LogP contribution >= 0.6 is 0 Å². The Morgan fingerprint density at radius 3 is 2.88 bits per heavy atom. The largest absolute Gasteiger partial charge is 0.352 e. The van der Waals surface area contributed by atoms with Crippen molar-refractivity contribution in [3.63, 3.8) is 0 Å². The molecule has 3 heteroatoms. The summed E-state index contributed by atoms with van der Waals surface area (Å²) in [5.74, 6) is 0.998. The lowest BCUT2D eigenvalue weighted by Crippen LogP contribution is -2.30. The van der Waals surface area contributed by atoms with E-state index in [1.165, 1.54) is 5.57 Å². The zero-order chi connectivity index (χ0) is 11.5. The predicted octanol–water partition coefficient (Wildman–Crippen LogP) is 2.36. The Hall–Kier alpha value is -1.64. The summed E-state index contributed by atoms with van der Waals surface area (Å²) in [6.45, 7) is 6.09. The molecule has 0 N–H and O–H groups in total. The SMILES string of the molecule is CC1=CCCN(c2ncc(C=O)cc2C)C1. The summed E-state index contributed by atoms with van der Waals surface area (Å²) < 4.78 is 0. The van der Waals surface area contributed by atoms with Crippen molar-refractivity contribution in [3.05, 3.63) is 35.0 Å². The van der Waals surface area contributed by atoms with Gasteiger partial charge in [0.15, 0.2) is 6.29 Å². The van der Waals surface area contributed by atoms with Gasteiger partial charge < -0.3 is 4.90 Å². The molecule has 16 heavy (non-hydrogen) atoms. The van der Waals surface area contributed by atoms with E-state index >= 15 is 0 Å². The molecule has 1 aromatic rings. The fourth-order valence-corrected chi connectivity index (χ4v) is 2.08. The molecule has 0 saturated carbocycles. The van der Waals surface area contributed by atoms with Gasteiger partial charge >= 0.3 is 0 Å². The summed E-state index contributed by atoms with van der Waals surface area (Å²) in [4.78, 5) is 17.3. The van der Waals surface area contributed by atoms with E-state index in [4.69, 9.17) is 0 Å². The maximum Gasteiger partial charge on any atom is 0.151 e. The molecule has 3 nitrogen and oxygen atoms in total. The number of rotatable bonds is 2. The third-order valence-corrected chi connectivity index (χ3v) is 2.84. The number of aldehydes is 1. The highest BCUT2D eigenvalue weighted by atomic mass is 16.1. The van der Waals surface area contributed by atoms with Crippen LogP contribution < -0.4 is 4.90 Å². The number of pyridine rings is 1. The highest BCUT2D eigenvalue weighted by Gasteiger charge is 2.14. The Labute approximate surface area is 95.8 Å². The summed E-state index contributed by atoms with van der Waals surface area (Å²) in [6.07, 6.45) is 5.82. The highest BCUT2D eigenvalue weighted by Crippen LogP contribution is 2.21. The molecular formula is C13H16N2O. The monoisotopic (exact) mass is 216 g/mol. The van der Waals surface area contributed by atoms with E-state index in [0.29, 0.717) is 5.56 Å². The van der Waals surface area contributed by atoms with Gasteiger partial charge in [0.25, 0.3) is 0 Å². The van der Waals surface area contributed by atoms with Crippen LogP contribution in [0.25, 0.3) is 0 Å².